The second-order valence-corrected chi connectivity index (χ2v) is 7.27. The highest BCUT2D eigenvalue weighted by atomic mass is 16.6. The van der Waals surface area contributed by atoms with Crippen LogP contribution >= 0.6 is 0 Å². The standard InChI is InChI=1S/C22H20O4/c1-22(2)19-17(20(23)26-22)12-15-10-6-7-11-16(15)18(19)21(24)25-13-14-8-4-3-5-9-14/h3-12,18-19H,13H2,1-2H3/t18-,19-/m1/s1. The Morgan fingerprint density at radius 3 is 2.54 bits per heavy atom. The lowest BCUT2D eigenvalue weighted by atomic mass is 9.69. The van der Waals surface area contributed by atoms with Gasteiger partial charge in [-0.05, 0) is 36.6 Å². The topological polar surface area (TPSA) is 52.6 Å². The van der Waals surface area contributed by atoms with Crippen LogP contribution in [0.25, 0.3) is 6.08 Å². The van der Waals surface area contributed by atoms with E-state index in [9.17, 15) is 9.59 Å². The van der Waals surface area contributed by atoms with E-state index in [0.717, 1.165) is 16.7 Å². The van der Waals surface area contributed by atoms with E-state index in [1.165, 1.54) is 0 Å². The van der Waals surface area contributed by atoms with Crippen LogP contribution in [-0.4, -0.2) is 17.5 Å². The molecule has 0 amide bonds. The van der Waals surface area contributed by atoms with Crippen molar-refractivity contribution in [2.75, 3.05) is 0 Å². The van der Waals surface area contributed by atoms with Crippen LogP contribution in [0.15, 0.2) is 60.2 Å². The molecule has 1 aliphatic heterocycles. The molecule has 1 fully saturated rings. The number of hydrogen-bond donors (Lipinski definition) is 0. The van der Waals surface area contributed by atoms with Crippen molar-refractivity contribution in [3.05, 3.63) is 76.9 Å². The molecular weight excluding hydrogens is 328 g/mol. The molecule has 4 heteroatoms. The average Bonchev–Trinajstić information content (AvgIpc) is 2.87. The molecular formula is C22H20O4. The van der Waals surface area contributed by atoms with Gasteiger partial charge in [-0.3, -0.25) is 4.79 Å². The van der Waals surface area contributed by atoms with E-state index < -0.39 is 11.5 Å². The lowest BCUT2D eigenvalue weighted by Crippen LogP contribution is -2.38. The lowest BCUT2D eigenvalue weighted by molar-refractivity contribution is -0.152. The summed E-state index contributed by atoms with van der Waals surface area (Å²) in [5, 5.41) is 0. The second kappa shape index (κ2) is 6.13. The Morgan fingerprint density at radius 1 is 1.08 bits per heavy atom. The molecule has 0 saturated carbocycles. The zero-order valence-electron chi connectivity index (χ0n) is 14.8. The molecule has 2 aliphatic rings. The van der Waals surface area contributed by atoms with Gasteiger partial charge in [0, 0.05) is 11.5 Å². The van der Waals surface area contributed by atoms with Gasteiger partial charge in [0.25, 0.3) is 0 Å². The minimum absolute atomic E-state index is 0.208. The maximum Gasteiger partial charge on any atom is 0.335 e. The number of benzene rings is 2. The molecule has 0 N–H and O–H groups in total. The van der Waals surface area contributed by atoms with Crippen LogP contribution in [0.4, 0.5) is 0 Å². The number of cyclic esters (lactones) is 1. The van der Waals surface area contributed by atoms with Gasteiger partial charge in [-0.2, -0.15) is 0 Å². The number of hydrogen-bond acceptors (Lipinski definition) is 4. The zero-order chi connectivity index (χ0) is 18.3. The van der Waals surface area contributed by atoms with Crippen molar-refractivity contribution in [1.82, 2.24) is 0 Å². The van der Waals surface area contributed by atoms with Crippen molar-refractivity contribution >= 4 is 18.0 Å². The summed E-state index contributed by atoms with van der Waals surface area (Å²) in [5.74, 6) is -1.59. The molecule has 0 bridgehead atoms. The van der Waals surface area contributed by atoms with Gasteiger partial charge in [0.05, 0.1) is 5.92 Å². The van der Waals surface area contributed by atoms with E-state index in [4.69, 9.17) is 9.47 Å². The molecule has 0 radical (unpaired) electrons. The minimum Gasteiger partial charge on any atom is -0.460 e. The van der Waals surface area contributed by atoms with Crippen LogP contribution in [-0.2, 0) is 25.7 Å². The fraction of sp³-hybridized carbons (Fsp3) is 0.273. The summed E-state index contributed by atoms with van der Waals surface area (Å²) in [6.07, 6.45) is 1.85. The number of carbonyl (C=O) groups excluding carboxylic acids is 2. The molecule has 132 valence electrons. The monoisotopic (exact) mass is 348 g/mol. The van der Waals surface area contributed by atoms with Crippen LogP contribution in [0, 0.1) is 5.92 Å². The molecule has 0 aromatic heterocycles. The van der Waals surface area contributed by atoms with Crippen molar-refractivity contribution < 1.29 is 19.1 Å². The maximum absolute atomic E-state index is 13.1. The third-order valence-electron chi connectivity index (χ3n) is 5.13. The number of ether oxygens (including phenoxy) is 2. The van der Waals surface area contributed by atoms with Crippen molar-refractivity contribution in [3.63, 3.8) is 0 Å². The van der Waals surface area contributed by atoms with Crippen molar-refractivity contribution in [1.29, 1.82) is 0 Å². The third kappa shape index (κ3) is 2.71. The highest BCUT2D eigenvalue weighted by molar-refractivity contribution is 6.01. The normalized spacial score (nSPS) is 22.7. The summed E-state index contributed by atoms with van der Waals surface area (Å²) < 4.78 is 11.2. The van der Waals surface area contributed by atoms with Crippen LogP contribution in [0.3, 0.4) is 0 Å². The molecule has 1 aliphatic carbocycles. The first-order chi connectivity index (χ1) is 12.5. The highest BCUT2D eigenvalue weighted by Crippen LogP contribution is 2.50. The molecule has 1 heterocycles. The maximum atomic E-state index is 13.1. The van der Waals surface area contributed by atoms with E-state index in [2.05, 4.69) is 0 Å². The number of esters is 2. The predicted octanol–water partition coefficient (Wildman–Crippen LogP) is 3.86. The van der Waals surface area contributed by atoms with Gasteiger partial charge in [0.2, 0.25) is 0 Å². The Kier molecular flexibility index (Phi) is 3.91. The summed E-state index contributed by atoms with van der Waals surface area (Å²) in [4.78, 5) is 25.4. The first-order valence-electron chi connectivity index (χ1n) is 8.72. The van der Waals surface area contributed by atoms with E-state index in [0.29, 0.717) is 5.57 Å². The number of fused-ring (bicyclic) bond motifs is 2. The molecule has 0 spiro atoms. The average molecular weight is 348 g/mol. The fourth-order valence-corrected chi connectivity index (χ4v) is 3.95. The predicted molar refractivity (Wildman–Crippen MR) is 97.1 cm³/mol. The molecule has 4 rings (SSSR count). The van der Waals surface area contributed by atoms with Gasteiger partial charge in [-0.15, -0.1) is 0 Å². The largest absolute Gasteiger partial charge is 0.460 e. The van der Waals surface area contributed by atoms with Gasteiger partial charge in [0.15, 0.2) is 0 Å². The molecule has 4 nitrogen and oxygen atoms in total. The van der Waals surface area contributed by atoms with Crippen LogP contribution in [0.5, 0.6) is 0 Å². The van der Waals surface area contributed by atoms with Gasteiger partial charge in [-0.25, -0.2) is 4.79 Å². The Morgan fingerprint density at radius 2 is 1.77 bits per heavy atom. The minimum atomic E-state index is -0.757. The lowest BCUT2D eigenvalue weighted by Gasteiger charge is -2.34. The smallest absolute Gasteiger partial charge is 0.335 e. The summed E-state index contributed by atoms with van der Waals surface area (Å²) in [6.45, 7) is 3.91. The first-order valence-corrected chi connectivity index (χ1v) is 8.72. The Hall–Kier alpha value is -2.88. The van der Waals surface area contributed by atoms with Crippen LogP contribution in [0.1, 0.15) is 36.5 Å². The first kappa shape index (κ1) is 16.6. The molecule has 26 heavy (non-hydrogen) atoms. The van der Waals surface area contributed by atoms with E-state index in [1.807, 2.05) is 74.5 Å². The fourth-order valence-electron chi connectivity index (χ4n) is 3.95. The van der Waals surface area contributed by atoms with Gasteiger partial charge < -0.3 is 9.47 Å². The number of rotatable bonds is 3. The van der Waals surface area contributed by atoms with E-state index >= 15 is 0 Å². The Balaban J connectivity index is 1.69. The second-order valence-electron chi connectivity index (χ2n) is 7.27. The van der Waals surface area contributed by atoms with Gasteiger partial charge >= 0.3 is 11.9 Å². The van der Waals surface area contributed by atoms with Crippen molar-refractivity contribution in [2.45, 2.75) is 32.0 Å². The van der Waals surface area contributed by atoms with Gasteiger partial charge in [-0.1, -0.05) is 54.6 Å². The van der Waals surface area contributed by atoms with Gasteiger partial charge in [0.1, 0.15) is 12.2 Å². The molecule has 1 saturated heterocycles. The molecule has 0 unspecified atom stereocenters. The third-order valence-corrected chi connectivity index (χ3v) is 5.13. The summed E-state index contributed by atoms with van der Waals surface area (Å²) >= 11 is 0. The van der Waals surface area contributed by atoms with E-state index in [1.54, 1.807) is 0 Å². The SMILES string of the molecule is CC1(C)OC(=O)C2=Cc3ccccc3[C@@H](C(=O)OCc3ccccc3)[C@@H]21. The quantitative estimate of drug-likeness (QED) is 0.791. The summed E-state index contributed by atoms with van der Waals surface area (Å²) in [6, 6.07) is 17.2. The van der Waals surface area contributed by atoms with Crippen LogP contribution < -0.4 is 0 Å². The summed E-state index contributed by atoms with van der Waals surface area (Å²) in [5.41, 5.74) is 2.47. The Bertz CT molecular complexity index is 895. The zero-order valence-corrected chi connectivity index (χ0v) is 14.8. The van der Waals surface area contributed by atoms with E-state index in [-0.39, 0.29) is 24.5 Å². The molecule has 2 aromatic rings. The molecule has 2 atom stereocenters. The Labute approximate surface area is 152 Å². The van der Waals surface area contributed by atoms with Crippen molar-refractivity contribution in [2.24, 2.45) is 5.92 Å². The summed E-state index contributed by atoms with van der Waals surface area (Å²) in [7, 11) is 0. The molecule has 2 aromatic carbocycles. The highest BCUT2D eigenvalue weighted by Gasteiger charge is 2.54. The van der Waals surface area contributed by atoms with Crippen molar-refractivity contribution in [3.8, 4) is 0 Å². The van der Waals surface area contributed by atoms with Crippen LogP contribution in [0.2, 0.25) is 0 Å². The number of carbonyl (C=O) groups is 2.